The molecule has 1 aliphatic carbocycles. The van der Waals surface area contributed by atoms with Crippen LogP contribution in [-0.2, 0) is 24.1 Å². The van der Waals surface area contributed by atoms with Gasteiger partial charge in [0.2, 0.25) is 6.79 Å². The van der Waals surface area contributed by atoms with Crippen molar-refractivity contribution in [1.82, 2.24) is 4.90 Å². The van der Waals surface area contributed by atoms with Gasteiger partial charge in [-0.05, 0) is 73.7 Å². The number of nitrogens with zero attached hydrogens (tertiary/aromatic N) is 1. The monoisotopic (exact) mass is 429 g/mol. The molecular formula is C28H31NO3. The Bertz CT molecular complexity index is 1060. The minimum atomic E-state index is -0.146. The minimum absolute atomic E-state index is 0.0388. The molecule has 3 aromatic rings. The van der Waals surface area contributed by atoms with Gasteiger partial charge in [0, 0.05) is 12.1 Å². The normalized spacial score (nSPS) is 15.4. The van der Waals surface area contributed by atoms with Crippen molar-refractivity contribution in [1.29, 1.82) is 0 Å². The van der Waals surface area contributed by atoms with E-state index in [-0.39, 0.29) is 11.6 Å². The fourth-order valence-electron chi connectivity index (χ4n) is 4.58. The molecule has 0 atom stereocenters. The molecule has 0 saturated heterocycles. The van der Waals surface area contributed by atoms with Gasteiger partial charge in [0.1, 0.15) is 6.10 Å². The zero-order valence-corrected chi connectivity index (χ0v) is 19.1. The first kappa shape index (κ1) is 21.0. The topological polar surface area (TPSA) is 30.9 Å². The standard InChI is InChI=1S/C28H31NO3/c1-28(2,29(3)17-20-12-15-25-26(16-20)32-19-31-25)18-30-27-23-10-6-4-8-21(23)13-14-22-9-5-7-11-24(22)27/h4-12,15-16,27H,13-14,17-19H2,1-3H3. The second-order valence-electron chi connectivity index (χ2n) is 9.44. The van der Waals surface area contributed by atoms with Gasteiger partial charge in [-0.3, -0.25) is 4.90 Å². The zero-order chi connectivity index (χ0) is 22.1. The van der Waals surface area contributed by atoms with Crippen molar-refractivity contribution in [3.05, 3.63) is 94.5 Å². The van der Waals surface area contributed by atoms with Gasteiger partial charge in [-0.15, -0.1) is 0 Å². The molecule has 0 spiro atoms. The van der Waals surface area contributed by atoms with Crippen LogP contribution in [0, 0.1) is 0 Å². The molecule has 166 valence electrons. The van der Waals surface area contributed by atoms with Crippen molar-refractivity contribution >= 4 is 0 Å². The van der Waals surface area contributed by atoms with Gasteiger partial charge < -0.3 is 14.2 Å². The van der Waals surface area contributed by atoms with Crippen molar-refractivity contribution in [3.8, 4) is 11.5 Å². The summed E-state index contributed by atoms with van der Waals surface area (Å²) < 4.78 is 17.7. The average Bonchev–Trinajstić information content (AvgIpc) is 3.20. The van der Waals surface area contributed by atoms with E-state index in [1.54, 1.807) is 0 Å². The third kappa shape index (κ3) is 4.13. The van der Waals surface area contributed by atoms with Crippen molar-refractivity contribution in [2.75, 3.05) is 20.4 Å². The Labute approximate surface area is 190 Å². The van der Waals surface area contributed by atoms with E-state index in [2.05, 4.69) is 86.5 Å². The highest BCUT2D eigenvalue weighted by molar-refractivity contribution is 5.45. The first-order valence-corrected chi connectivity index (χ1v) is 11.4. The van der Waals surface area contributed by atoms with E-state index in [9.17, 15) is 0 Å². The maximum absolute atomic E-state index is 6.73. The molecule has 0 unspecified atom stereocenters. The smallest absolute Gasteiger partial charge is 0.231 e. The van der Waals surface area contributed by atoms with Gasteiger partial charge >= 0.3 is 0 Å². The molecule has 5 rings (SSSR count). The highest BCUT2D eigenvalue weighted by Gasteiger charge is 2.29. The second kappa shape index (κ2) is 8.61. The summed E-state index contributed by atoms with van der Waals surface area (Å²) in [6.45, 7) is 6.23. The fourth-order valence-corrected chi connectivity index (χ4v) is 4.58. The number of benzene rings is 3. The number of rotatable bonds is 6. The third-order valence-electron chi connectivity index (χ3n) is 6.83. The summed E-state index contributed by atoms with van der Waals surface area (Å²) in [5.41, 5.74) is 6.43. The van der Waals surface area contributed by atoms with Crippen LogP contribution in [0.2, 0.25) is 0 Å². The molecule has 4 heteroatoms. The number of ether oxygens (including phenoxy) is 3. The summed E-state index contributed by atoms with van der Waals surface area (Å²) in [5, 5.41) is 0. The van der Waals surface area contributed by atoms with Crippen LogP contribution in [0.5, 0.6) is 11.5 Å². The Balaban J connectivity index is 1.34. The predicted molar refractivity (Wildman–Crippen MR) is 126 cm³/mol. The van der Waals surface area contributed by atoms with Crippen LogP contribution in [0.15, 0.2) is 66.7 Å². The molecule has 0 aromatic heterocycles. The number of fused-ring (bicyclic) bond motifs is 3. The Morgan fingerprint density at radius 3 is 2.19 bits per heavy atom. The molecule has 0 fully saturated rings. The Morgan fingerprint density at radius 1 is 0.875 bits per heavy atom. The molecule has 0 N–H and O–H groups in total. The van der Waals surface area contributed by atoms with Gasteiger partial charge in [-0.2, -0.15) is 0 Å². The maximum atomic E-state index is 6.73. The molecule has 0 saturated carbocycles. The van der Waals surface area contributed by atoms with E-state index in [0.29, 0.717) is 13.4 Å². The summed E-state index contributed by atoms with van der Waals surface area (Å²) in [7, 11) is 2.16. The van der Waals surface area contributed by atoms with Gasteiger partial charge in [0.25, 0.3) is 0 Å². The fraction of sp³-hybridized carbons (Fsp3) is 0.357. The Kier molecular flexibility index (Phi) is 5.66. The average molecular weight is 430 g/mol. The number of aryl methyl sites for hydroxylation is 2. The lowest BCUT2D eigenvalue weighted by Gasteiger charge is -2.37. The highest BCUT2D eigenvalue weighted by Crippen LogP contribution is 2.36. The molecule has 1 heterocycles. The van der Waals surface area contributed by atoms with Gasteiger partial charge in [0.15, 0.2) is 11.5 Å². The first-order chi connectivity index (χ1) is 15.5. The Morgan fingerprint density at radius 2 is 1.50 bits per heavy atom. The van der Waals surface area contributed by atoms with E-state index < -0.39 is 0 Å². The lowest BCUT2D eigenvalue weighted by Crippen LogP contribution is -2.44. The second-order valence-corrected chi connectivity index (χ2v) is 9.44. The van der Waals surface area contributed by atoms with Gasteiger partial charge in [0.05, 0.1) is 6.61 Å². The minimum Gasteiger partial charge on any atom is -0.454 e. The summed E-state index contributed by atoms with van der Waals surface area (Å²) >= 11 is 0. The van der Waals surface area contributed by atoms with Crippen molar-refractivity contribution < 1.29 is 14.2 Å². The van der Waals surface area contributed by atoms with E-state index in [1.807, 2.05) is 6.07 Å². The third-order valence-corrected chi connectivity index (χ3v) is 6.83. The molecule has 0 amide bonds. The SMILES string of the molecule is CN(Cc1ccc2c(c1)OCO2)C(C)(C)COC1c2ccccc2CCc2ccccc21. The van der Waals surface area contributed by atoms with Gasteiger partial charge in [-0.1, -0.05) is 54.6 Å². The maximum Gasteiger partial charge on any atom is 0.231 e. The van der Waals surface area contributed by atoms with Crippen LogP contribution in [0.25, 0.3) is 0 Å². The van der Waals surface area contributed by atoms with E-state index in [1.165, 1.54) is 27.8 Å². The molecule has 1 aliphatic heterocycles. The van der Waals surface area contributed by atoms with E-state index >= 15 is 0 Å². The van der Waals surface area contributed by atoms with E-state index in [4.69, 9.17) is 14.2 Å². The molecule has 3 aromatic carbocycles. The lowest BCUT2D eigenvalue weighted by molar-refractivity contribution is -0.00757. The molecule has 0 bridgehead atoms. The Hall–Kier alpha value is -2.82. The summed E-state index contributed by atoms with van der Waals surface area (Å²) in [6.07, 6.45) is 2.07. The highest BCUT2D eigenvalue weighted by atomic mass is 16.7. The summed E-state index contributed by atoms with van der Waals surface area (Å²) in [6, 6.07) is 23.6. The largest absolute Gasteiger partial charge is 0.454 e. The number of likely N-dealkylation sites (N-methyl/N-ethyl adjacent to an activating group) is 1. The predicted octanol–water partition coefficient (Wildman–Crippen LogP) is 5.53. The van der Waals surface area contributed by atoms with Crippen LogP contribution < -0.4 is 9.47 Å². The van der Waals surface area contributed by atoms with Crippen LogP contribution >= 0.6 is 0 Å². The van der Waals surface area contributed by atoms with Gasteiger partial charge in [-0.25, -0.2) is 0 Å². The van der Waals surface area contributed by atoms with E-state index in [0.717, 1.165) is 30.9 Å². The quantitative estimate of drug-likeness (QED) is 0.515. The molecule has 2 aliphatic rings. The van der Waals surface area contributed by atoms with Crippen molar-refractivity contribution in [3.63, 3.8) is 0 Å². The van der Waals surface area contributed by atoms with Crippen LogP contribution in [0.1, 0.15) is 47.8 Å². The zero-order valence-electron chi connectivity index (χ0n) is 19.1. The molecule has 0 radical (unpaired) electrons. The first-order valence-electron chi connectivity index (χ1n) is 11.4. The lowest BCUT2D eigenvalue weighted by atomic mass is 9.96. The molecule has 32 heavy (non-hydrogen) atoms. The van der Waals surface area contributed by atoms with Crippen LogP contribution in [0.4, 0.5) is 0 Å². The number of hydrogen-bond donors (Lipinski definition) is 0. The molecular weight excluding hydrogens is 398 g/mol. The number of hydrogen-bond acceptors (Lipinski definition) is 4. The summed E-state index contributed by atoms with van der Waals surface area (Å²) in [5.74, 6) is 1.65. The molecule has 4 nitrogen and oxygen atoms in total. The van der Waals surface area contributed by atoms with Crippen molar-refractivity contribution in [2.45, 2.75) is 44.9 Å². The van der Waals surface area contributed by atoms with Crippen LogP contribution in [-0.4, -0.2) is 30.9 Å². The van der Waals surface area contributed by atoms with Crippen molar-refractivity contribution in [2.24, 2.45) is 0 Å². The van der Waals surface area contributed by atoms with Crippen LogP contribution in [0.3, 0.4) is 0 Å². The summed E-state index contributed by atoms with van der Waals surface area (Å²) in [4.78, 5) is 2.35.